The van der Waals surface area contributed by atoms with Gasteiger partial charge in [0.2, 0.25) is 0 Å². The van der Waals surface area contributed by atoms with Crippen molar-refractivity contribution in [2.45, 2.75) is 32.7 Å². The van der Waals surface area contributed by atoms with Gasteiger partial charge in [-0.3, -0.25) is 0 Å². The van der Waals surface area contributed by atoms with E-state index in [1.54, 1.807) is 0 Å². The molecule has 0 aliphatic carbocycles. The minimum atomic E-state index is -1.09. The van der Waals surface area contributed by atoms with Crippen molar-refractivity contribution in [2.24, 2.45) is 7.05 Å². The largest absolute Gasteiger partial charge is 0.367 e. The van der Waals surface area contributed by atoms with Crippen molar-refractivity contribution in [3.8, 4) is 0 Å². The van der Waals surface area contributed by atoms with E-state index in [1.807, 2.05) is 20.8 Å². The number of hydrogen-bond donors (Lipinski definition) is 1. The lowest BCUT2D eigenvalue weighted by Crippen LogP contribution is -2.26. The average Bonchev–Trinajstić information content (AvgIpc) is 2.42. The highest BCUT2D eigenvalue weighted by atomic mass is 16.6. The minimum Gasteiger partial charge on any atom is -0.365 e. The zero-order valence-electron chi connectivity index (χ0n) is 9.78. The number of aliphatic hydroxyl groups excluding tert-OH is 1. The summed E-state index contributed by atoms with van der Waals surface area (Å²) >= 11 is 0. The zero-order valence-corrected chi connectivity index (χ0v) is 9.78. The Bertz CT molecular complexity index is 427. The van der Waals surface area contributed by atoms with E-state index in [1.165, 1.54) is 19.3 Å². The van der Waals surface area contributed by atoms with Crippen LogP contribution in [0.4, 0.5) is 0 Å². The van der Waals surface area contributed by atoms with E-state index in [2.05, 4.69) is 10.4 Å². The van der Waals surface area contributed by atoms with Gasteiger partial charge in [0.25, 0.3) is 0 Å². The third-order valence-electron chi connectivity index (χ3n) is 1.61. The number of ether oxygens (including phenoxy) is 1. The van der Waals surface area contributed by atoms with Gasteiger partial charge in [0.15, 0.2) is 6.29 Å². The van der Waals surface area contributed by atoms with Crippen LogP contribution < -0.4 is 5.69 Å². The highest BCUT2D eigenvalue weighted by molar-refractivity contribution is 5.18. The Labute approximate surface area is 92.9 Å². The summed E-state index contributed by atoms with van der Waals surface area (Å²) in [7, 11) is 1.49. The maximum Gasteiger partial charge on any atom is 0.367 e. The summed E-state index contributed by atoms with van der Waals surface area (Å²) in [5.74, 6) is 0. The summed E-state index contributed by atoms with van der Waals surface area (Å²) in [6.45, 7) is 5.45. The normalized spacial score (nSPS) is 14.6. The lowest BCUT2D eigenvalue weighted by Gasteiger charge is -2.21. The zero-order chi connectivity index (χ0) is 12.3. The molecule has 0 aliphatic heterocycles. The van der Waals surface area contributed by atoms with Crippen LogP contribution in [0.5, 0.6) is 0 Å². The van der Waals surface area contributed by atoms with Crippen LogP contribution in [-0.2, 0) is 11.8 Å². The highest BCUT2D eigenvalue weighted by Gasteiger charge is 2.14. The molecule has 0 aromatic carbocycles. The van der Waals surface area contributed by atoms with Crippen LogP contribution >= 0.6 is 0 Å². The van der Waals surface area contributed by atoms with Gasteiger partial charge in [-0.15, -0.1) is 0 Å². The van der Waals surface area contributed by atoms with Gasteiger partial charge in [0, 0.05) is 13.2 Å². The van der Waals surface area contributed by atoms with Gasteiger partial charge < -0.3 is 9.84 Å². The molecule has 1 N–H and O–H groups in total. The first-order valence-electron chi connectivity index (χ1n) is 4.82. The molecule has 1 aromatic heterocycles. The van der Waals surface area contributed by atoms with Crippen molar-refractivity contribution >= 4 is 6.20 Å². The molecule has 0 saturated carbocycles. The van der Waals surface area contributed by atoms with Crippen LogP contribution in [0.15, 0.2) is 10.9 Å². The number of hydrogen-bond acceptors (Lipinski definition) is 5. The molecular weight excluding hydrogens is 212 g/mol. The smallest absolute Gasteiger partial charge is 0.365 e. The Morgan fingerprint density at radius 3 is 2.50 bits per heavy atom. The van der Waals surface area contributed by atoms with E-state index in [0.717, 1.165) is 9.36 Å². The molecule has 0 spiro atoms. The number of aromatic nitrogens is 4. The molecule has 1 heterocycles. The van der Waals surface area contributed by atoms with Gasteiger partial charge in [-0.2, -0.15) is 9.36 Å². The molecule has 1 unspecified atom stereocenters. The molecule has 0 radical (unpaired) electrons. The van der Waals surface area contributed by atoms with Crippen molar-refractivity contribution in [3.63, 3.8) is 0 Å². The summed E-state index contributed by atoms with van der Waals surface area (Å²) < 4.78 is 7.30. The van der Waals surface area contributed by atoms with Gasteiger partial charge in [-0.25, -0.2) is 4.79 Å². The molecule has 0 amide bonds. The summed E-state index contributed by atoms with van der Waals surface area (Å²) in [6, 6.07) is 0. The lowest BCUT2D eigenvalue weighted by atomic mass is 10.2. The molecule has 1 atom stereocenters. The first kappa shape index (κ1) is 12.6. The monoisotopic (exact) mass is 228 g/mol. The van der Waals surface area contributed by atoms with Crippen molar-refractivity contribution < 1.29 is 9.84 Å². The van der Waals surface area contributed by atoms with E-state index in [-0.39, 0.29) is 5.69 Å². The quantitative estimate of drug-likeness (QED) is 0.710. The van der Waals surface area contributed by atoms with E-state index < -0.39 is 11.9 Å². The summed E-state index contributed by atoms with van der Waals surface area (Å²) in [5.41, 5.74) is -0.851. The second-order valence-electron chi connectivity index (χ2n) is 4.29. The Balaban J connectivity index is 2.67. The molecule has 0 fully saturated rings. The Morgan fingerprint density at radius 1 is 1.44 bits per heavy atom. The van der Waals surface area contributed by atoms with E-state index in [0.29, 0.717) is 0 Å². The number of rotatable bonds is 3. The predicted octanol–water partition coefficient (Wildman–Crippen LogP) is -0.419. The van der Waals surface area contributed by atoms with Crippen LogP contribution in [0.3, 0.4) is 0 Å². The highest BCUT2D eigenvalue weighted by Crippen LogP contribution is 2.09. The van der Waals surface area contributed by atoms with Gasteiger partial charge in [0.05, 0.1) is 5.60 Å². The number of tetrazole rings is 1. The molecule has 0 aliphatic rings. The van der Waals surface area contributed by atoms with Crippen molar-refractivity contribution in [1.82, 2.24) is 19.8 Å². The molecule has 0 saturated heterocycles. The predicted molar refractivity (Wildman–Crippen MR) is 57.4 cm³/mol. The molecular formula is C9H16N4O3. The topological polar surface area (TPSA) is 82.2 Å². The van der Waals surface area contributed by atoms with Crippen LogP contribution in [0.2, 0.25) is 0 Å². The number of nitrogens with zero attached hydrogens (tertiary/aromatic N) is 4. The van der Waals surface area contributed by atoms with Gasteiger partial charge in [-0.05, 0) is 37.3 Å². The summed E-state index contributed by atoms with van der Waals surface area (Å²) in [4.78, 5) is 11.3. The second kappa shape index (κ2) is 4.58. The van der Waals surface area contributed by atoms with Crippen LogP contribution in [0.25, 0.3) is 6.20 Å². The molecule has 1 aromatic rings. The van der Waals surface area contributed by atoms with Crippen LogP contribution in [0.1, 0.15) is 20.8 Å². The molecule has 7 heteroatoms. The van der Waals surface area contributed by atoms with E-state index >= 15 is 0 Å². The van der Waals surface area contributed by atoms with Gasteiger partial charge in [-0.1, -0.05) is 0 Å². The molecule has 16 heavy (non-hydrogen) atoms. The van der Waals surface area contributed by atoms with E-state index in [4.69, 9.17) is 4.74 Å². The fourth-order valence-corrected chi connectivity index (χ4v) is 0.978. The van der Waals surface area contributed by atoms with Crippen LogP contribution in [-0.4, -0.2) is 36.8 Å². The fourth-order valence-electron chi connectivity index (χ4n) is 0.978. The standard InChI is InChI=1S/C9H16N4O3/c1-9(2,3)16-7(14)5-6-13-8(15)12(4)10-11-13/h5-7,14H,1-4H3/b6-5-. The maximum atomic E-state index is 11.3. The van der Waals surface area contributed by atoms with Crippen LogP contribution in [0, 0.1) is 0 Å². The third kappa shape index (κ3) is 3.59. The van der Waals surface area contributed by atoms with Gasteiger partial charge in [0.1, 0.15) is 0 Å². The Hall–Kier alpha value is -1.47. The van der Waals surface area contributed by atoms with Gasteiger partial charge >= 0.3 is 5.69 Å². The molecule has 90 valence electrons. The fraction of sp³-hybridized carbons (Fsp3) is 0.667. The minimum absolute atomic E-state index is 0.390. The van der Waals surface area contributed by atoms with Crippen molar-refractivity contribution in [3.05, 3.63) is 16.6 Å². The third-order valence-corrected chi connectivity index (χ3v) is 1.61. The average molecular weight is 228 g/mol. The Kier molecular flexibility index (Phi) is 3.61. The first-order valence-corrected chi connectivity index (χ1v) is 4.82. The summed E-state index contributed by atoms with van der Waals surface area (Å²) in [6.07, 6.45) is 1.54. The number of aryl methyl sites for hydroxylation is 1. The number of aliphatic hydroxyl groups is 1. The Morgan fingerprint density at radius 2 is 2.06 bits per heavy atom. The lowest BCUT2D eigenvalue weighted by molar-refractivity contribution is -0.137. The molecule has 0 bridgehead atoms. The second-order valence-corrected chi connectivity index (χ2v) is 4.29. The van der Waals surface area contributed by atoms with Crippen molar-refractivity contribution in [2.75, 3.05) is 0 Å². The maximum absolute atomic E-state index is 11.3. The first-order chi connectivity index (χ1) is 7.29. The van der Waals surface area contributed by atoms with Crippen molar-refractivity contribution in [1.29, 1.82) is 0 Å². The SMILES string of the molecule is Cn1nnn(/C=C\C(O)OC(C)(C)C)c1=O. The summed E-state index contributed by atoms with van der Waals surface area (Å²) in [5, 5.41) is 16.5. The molecule has 1 rings (SSSR count). The molecule has 7 nitrogen and oxygen atoms in total. The van der Waals surface area contributed by atoms with E-state index in [9.17, 15) is 9.90 Å².